The minimum atomic E-state index is -0.536. The van der Waals surface area contributed by atoms with Crippen LogP contribution in [0.5, 0.6) is 5.75 Å². The zero-order valence-electron chi connectivity index (χ0n) is 14.4. The van der Waals surface area contributed by atoms with Gasteiger partial charge in [-0.1, -0.05) is 35.3 Å². The molecule has 3 rings (SSSR count). The van der Waals surface area contributed by atoms with Crippen LogP contribution in [0.1, 0.15) is 15.9 Å². The molecule has 7 heteroatoms. The fourth-order valence-corrected chi connectivity index (χ4v) is 2.89. The van der Waals surface area contributed by atoms with E-state index in [1.54, 1.807) is 42.6 Å². The van der Waals surface area contributed by atoms with Crippen LogP contribution >= 0.6 is 23.2 Å². The summed E-state index contributed by atoms with van der Waals surface area (Å²) in [6, 6.07) is 15.2. The second kappa shape index (κ2) is 8.29. The summed E-state index contributed by atoms with van der Waals surface area (Å²) in [5.41, 5.74) is 0.914. The topological polar surface area (TPSA) is 60.3 Å². The van der Waals surface area contributed by atoms with Crippen LogP contribution in [0.2, 0.25) is 10.0 Å². The lowest BCUT2D eigenvalue weighted by Gasteiger charge is -2.12. The number of rotatable bonds is 5. The van der Waals surface area contributed by atoms with E-state index in [2.05, 4.69) is 5.32 Å². The van der Waals surface area contributed by atoms with Gasteiger partial charge < -0.3 is 14.6 Å². The Kier molecular flexibility index (Phi) is 5.84. The van der Waals surface area contributed by atoms with E-state index in [-0.39, 0.29) is 5.56 Å². The number of halogens is 2. The molecule has 0 bridgehead atoms. The summed E-state index contributed by atoms with van der Waals surface area (Å²) in [6.07, 6.45) is 1.63. The van der Waals surface area contributed by atoms with E-state index in [0.29, 0.717) is 28.0 Å². The molecule has 0 fully saturated rings. The van der Waals surface area contributed by atoms with Gasteiger partial charge in [0, 0.05) is 16.2 Å². The first-order valence-electron chi connectivity index (χ1n) is 8.06. The number of benzene rings is 2. The number of nitrogens with zero attached hydrogens (tertiary/aromatic N) is 1. The average Bonchev–Trinajstić information content (AvgIpc) is 2.65. The van der Waals surface area contributed by atoms with Gasteiger partial charge in [-0.05, 0) is 48.0 Å². The van der Waals surface area contributed by atoms with E-state index < -0.39 is 11.5 Å². The van der Waals surface area contributed by atoms with Crippen molar-refractivity contribution >= 4 is 34.8 Å². The monoisotopic (exact) mass is 402 g/mol. The van der Waals surface area contributed by atoms with Gasteiger partial charge in [0.2, 0.25) is 0 Å². The highest BCUT2D eigenvalue weighted by molar-refractivity contribution is 6.31. The van der Waals surface area contributed by atoms with Gasteiger partial charge in [-0.2, -0.15) is 0 Å². The molecule has 5 nitrogen and oxygen atoms in total. The first kappa shape index (κ1) is 19.0. The zero-order chi connectivity index (χ0) is 19.4. The molecule has 0 aliphatic rings. The molecule has 138 valence electrons. The van der Waals surface area contributed by atoms with E-state index >= 15 is 0 Å². The van der Waals surface area contributed by atoms with Gasteiger partial charge in [-0.3, -0.25) is 9.59 Å². The van der Waals surface area contributed by atoms with Gasteiger partial charge in [0.25, 0.3) is 11.5 Å². The molecule has 1 amide bonds. The number of aromatic nitrogens is 1. The summed E-state index contributed by atoms with van der Waals surface area (Å²) in [6.45, 7) is 0.331. The average molecular weight is 403 g/mol. The van der Waals surface area contributed by atoms with Crippen LogP contribution < -0.4 is 15.6 Å². The fraction of sp³-hybridized carbons (Fsp3) is 0.100. The highest BCUT2D eigenvalue weighted by atomic mass is 35.5. The van der Waals surface area contributed by atoms with Gasteiger partial charge in [0.15, 0.2) is 0 Å². The summed E-state index contributed by atoms with van der Waals surface area (Å²) in [7, 11) is 1.49. The van der Waals surface area contributed by atoms with Crippen molar-refractivity contribution in [3.63, 3.8) is 0 Å². The van der Waals surface area contributed by atoms with Crippen LogP contribution in [-0.2, 0) is 6.54 Å². The Bertz CT molecular complexity index is 1030. The van der Waals surface area contributed by atoms with Crippen LogP contribution in [0.3, 0.4) is 0 Å². The third kappa shape index (κ3) is 4.51. The van der Waals surface area contributed by atoms with E-state index in [0.717, 1.165) is 5.56 Å². The van der Waals surface area contributed by atoms with Gasteiger partial charge >= 0.3 is 0 Å². The fourth-order valence-electron chi connectivity index (χ4n) is 2.59. The molecular formula is C20H16Cl2N2O3. The van der Waals surface area contributed by atoms with E-state index in [4.69, 9.17) is 27.9 Å². The third-order valence-corrected chi connectivity index (χ3v) is 4.43. The number of amides is 1. The number of hydrogen-bond donors (Lipinski definition) is 1. The Balaban J connectivity index is 1.87. The van der Waals surface area contributed by atoms with E-state index in [1.165, 1.54) is 17.7 Å². The first-order chi connectivity index (χ1) is 13.0. The molecule has 1 heterocycles. The van der Waals surface area contributed by atoms with Gasteiger partial charge in [0.1, 0.15) is 11.3 Å². The maximum Gasteiger partial charge on any atom is 0.263 e. The number of ether oxygens (including phenoxy) is 1. The Morgan fingerprint density at radius 3 is 2.48 bits per heavy atom. The molecule has 27 heavy (non-hydrogen) atoms. The number of carbonyl (C=O) groups is 1. The second-order valence-electron chi connectivity index (χ2n) is 5.78. The maximum absolute atomic E-state index is 12.7. The minimum Gasteiger partial charge on any atom is -0.495 e. The summed E-state index contributed by atoms with van der Waals surface area (Å²) in [5, 5.41) is 3.74. The van der Waals surface area contributed by atoms with Crippen molar-refractivity contribution in [1.82, 2.24) is 4.57 Å². The van der Waals surface area contributed by atoms with Crippen LogP contribution in [0, 0.1) is 0 Å². The molecule has 0 atom stereocenters. The smallest absolute Gasteiger partial charge is 0.263 e. The van der Waals surface area contributed by atoms with Crippen molar-refractivity contribution in [3.05, 3.63) is 92.3 Å². The largest absolute Gasteiger partial charge is 0.495 e. The van der Waals surface area contributed by atoms with Gasteiger partial charge in [-0.25, -0.2) is 0 Å². The number of anilines is 1. The molecule has 2 aromatic carbocycles. The number of carbonyl (C=O) groups excluding carboxylic acids is 1. The molecule has 0 saturated heterocycles. The molecule has 3 aromatic rings. The van der Waals surface area contributed by atoms with Crippen molar-refractivity contribution in [1.29, 1.82) is 0 Å². The van der Waals surface area contributed by atoms with Crippen molar-refractivity contribution in [2.45, 2.75) is 6.54 Å². The predicted octanol–water partition coefficient (Wildman–Crippen LogP) is 4.46. The Hall–Kier alpha value is -2.76. The third-order valence-electron chi connectivity index (χ3n) is 3.94. The lowest BCUT2D eigenvalue weighted by Crippen LogP contribution is -2.29. The zero-order valence-corrected chi connectivity index (χ0v) is 15.9. The quantitative estimate of drug-likeness (QED) is 0.684. The van der Waals surface area contributed by atoms with E-state index in [1.807, 2.05) is 12.1 Å². The number of nitrogens with one attached hydrogen (secondary N) is 1. The maximum atomic E-state index is 12.7. The highest BCUT2D eigenvalue weighted by Gasteiger charge is 2.15. The molecule has 0 spiro atoms. The van der Waals surface area contributed by atoms with Crippen LogP contribution in [0.25, 0.3) is 0 Å². The summed E-state index contributed by atoms with van der Waals surface area (Å²) in [5.74, 6) is -0.0869. The normalized spacial score (nSPS) is 10.5. The highest BCUT2D eigenvalue weighted by Crippen LogP contribution is 2.27. The molecule has 0 aliphatic carbocycles. The minimum absolute atomic E-state index is 0.0218. The summed E-state index contributed by atoms with van der Waals surface area (Å²) < 4.78 is 6.68. The molecule has 1 N–H and O–H groups in total. The molecular weight excluding hydrogens is 387 g/mol. The molecule has 0 unspecified atom stereocenters. The molecule has 1 aromatic heterocycles. The number of hydrogen-bond acceptors (Lipinski definition) is 3. The standard InChI is InChI=1S/C20H16Cl2N2O3/c1-27-18-9-8-15(22)11-17(18)23-19(25)16-3-2-10-24(20(16)26)12-13-4-6-14(21)7-5-13/h2-11H,12H2,1H3,(H,23,25). The summed E-state index contributed by atoms with van der Waals surface area (Å²) >= 11 is 11.9. The van der Waals surface area contributed by atoms with Crippen molar-refractivity contribution < 1.29 is 9.53 Å². The lowest BCUT2D eigenvalue weighted by atomic mass is 10.2. The van der Waals surface area contributed by atoms with Crippen molar-refractivity contribution in [2.24, 2.45) is 0 Å². The Labute approximate surface area is 166 Å². The van der Waals surface area contributed by atoms with Gasteiger partial charge in [0.05, 0.1) is 19.3 Å². The Morgan fingerprint density at radius 1 is 1.07 bits per heavy atom. The first-order valence-corrected chi connectivity index (χ1v) is 8.82. The molecule has 0 aliphatic heterocycles. The summed E-state index contributed by atoms with van der Waals surface area (Å²) in [4.78, 5) is 25.3. The van der Waals surface area contributed by atoms with Crippen molar-refractivity contribution in [2.75, 3.05) is 12.4 Å². The lowest BCUT2D eigenvalue weighted by molar-refractivity contribution is 0.102. The van der Waals surface area contributed by atoms with E-state index in [9.17, 15) is 9.59 Å². The number of methoxy groups -OCH3 is 1. The number of pyridine rings is 1. The predicted molar refractivity (Wildman–Crippen MR) is 107 cm³/mol. The molecule has 0 saturated carbocycles. The second-order valence-corrected chi connectivity index (χ2v) is 6.65. The molecule has 0 radical (unpaired) electrons. The SMILES string of the molecule is COc1ccc(Cl)cc1NC(=O)c1cccn(Cc2ccc(Cl)cc2)c1=O. The Morgan fingerprint density at radius 2 is 1.78 bits per heavy atom. The van der Waals surface area contributed by atoms with Gasteiger partial charge in [-0.15, -0.1) is 0 Å². The van der Waals surface area contributed by atoms with Crippen LogP contribution in [-0.4, -0.2) is 17.6 Å². The van der Waals surface area contributed by atoms with Crippen molar-refractivity contribution in [3.8, 4) is 5.75 Å². The van der Waals surface area contributed by atoms with Crippen LogP contribution in [0.15, 0.2) is 65.6 Å². The van der Waals surface area contributed by atoms with Crippen LogP contribution in [0.4, 0.5) is 5.69 Å².